The number of allylic oxidation sites excluding steroid dienone is 1. The average Bonchev–Trinajstić information content (AvgIpc) is 2.76. The van der Waals surface area contributed by atoms with E-state index in [0.717, 1.165) is 0 Å². The summed E-state index contributed by atoms with van der Waals surface area (Å²) in [6.07, 6.45) is 0.868. The first-order chi connectivity index (χ1) is 14.8. The smallest absolute Gasteiger partial charge is 0.312 e. The zero-order valence-corrected chi connectivity index (χ0v) is 18.9. The van der Waals surface area contributed by atoms with E-state index < -0.39 is 29.1 Å². The Labute approximate surface area is 187 Å². The number of benzene rings is 1. The van der Waals surface area contributed by atoms with E-state index in [9.17, 15) is 17.4 Å². The highest BCUT2D eigenvalue weighted by atomic mass is 35.5. The summed E-state index contributed by atoms with van der Waals surface area (Å²) in [7, 11) is -0.153. The molecular weight excluding hydrogens is 451 g/mol. The summed E-state index contributed by atoms with van der Waals surface area (Å²) in [5.41, 5.74) is 1.56. The molecule has 0 N–H and O–H groups in total. The molecule has 1 heterocycles. The van der Waals surface area contributed by atoms with Crippen LogP contribution in [-0.2, 0) is 22.3 Å². The Bertz CT molecular complexity index is 969. The highest BCUT2D eigenvalue weighted by Gasteiger charge is 2.19. The van der Waals surface area contributed by atoms with Crippen LogP contribution in [0.3, 0.4) is 0 Å². The summed E-state index contributed by atoms with van der Waals surface area (Å²) in [5, 5.41) is -0.0715. The maximum absolute atomic E-state index is 13.5. The van der Waals surface area contributed by atoms with E-state index in [1.165, 1.54) is 31.4 Å². The normalized spacial score (nSPS) is 13.4. The standard InChI is InChI=1S/C21H23ClF3N3O2S/c1-4-6-19(30-21(26-3)20(24)25)14-7-8-15(27-12-14)13-28(31(29)5-2)16-9-10-18(23)17(22)11-16/h6-12,20H,4-5,13H2,1-3H3/b19-6+,26-21?. The number of pyridine rings is 1. The molecule has 1 unspecified atom stereocenters. The molecule has 0 saturated heterocycles. The number of aromatic nitrogens is 1. The zero-order valence-electron chi connectivity index (χ0n) is 17.3. The molecule has 0 spiro atoms. The van der Waals surface area contributed by atoms with E-state index in [-0.39, 0.29) is 17.3 Å². The number of rotatable bonds is 9. The molecule has 0 amide bonds. The lowest BCUT2D eigenvalue weighted by Crippen LogP contribution is -2.27. The van der Waals surface area contributed by atoms with Gasteiger partial charge >= 0.3 is 6.43 Å². The highest BCUT2D eigenvalue weighted by molar-refractivity contribution is 7.86. The molecule has 2 aromatic rings. The first-order valence-electron chi connectivity index (χ1n) is 9.49. The van der Waals surface area contributed by atoms with Crippen molar-refractivity contribution in [2.24, 2.45) is 4.99 Å². The molecule has 5 nitrogen and oxygen atoms in total. The Morgan fingerprint density at radius 3 is 2.58 bits per heavy atom. The number of hydrogen-bond acceptors (Lipinski definition) is 4. The zero-order chi connectivity index (χ0) is 23.0. The highest BCUT2D eigenvalue weighted by Crippen LogP contribution is 2.26. The van der Waals surface area contributed by atoms with Crippen molar-refractivity contribution in [1.82, 2.24) is 4.98 Å². The van der Waals surface area contributed by atoms with Crippen LogP contribution in [-0.4, -0.2) is 34.3 Å². The molecule has 0 aliphatic heterocycles. The maximum atomic E-state index is 13.5. The number of aliphatic imine (C=N–C) groups is 1. The number of alkyl halides is 2. The van der Waals surface area contributed by atoms with E-state index in [0.29, 0.717) is 29.1 Å². The van der Waals surface area contributed by atoms with Crippen LogP contribution < -0.4 is 4.31 Å². The van der Waals surface area contributed by atoms with Crippen LogP contribution in [0.15, 0.2) is 47.6 Å². The van der Waals surface area contributed by atoms with Gasteiger partial charge in [-0.25, -0.2) is 8.60 Å². The van der Waals surface area contributed by atoms with Crippen LogP contribution in [0.2, 0.25) is 5.02 Å². The second-order valence-electron chi connectivity index (χ2n) is 6.22. The van der Waals surface area contributed by atoms with Gasteiger partial charge in [0, 0.05) is 24.6 Å². The van der Waals surface area contributed by atoms with Gasteiger partial charge < -0.3 is 4.74 Å². The molecule has 1 atom stereocenters. The van der Waals surface area contributed by atoms with Crippen molar-refractivity contribution in [2.45, 2.75) is 33.2 Å². The molecule has 0 bridgehead atoms. The predicted molar refractivity (Wildman–Crippen MR) is 119 cm³/mol. The molecule has 0 aliphatic carbocycles. The van der Waals surface area contributed by atoms with Gasteiger partial charge in [-0.3, -0.25) is 14.3 Å². The Balaban J connectivity index is 2.27. The summed E-state index contributed by atoms with van der Waals surface area (Å²) in [4.78, 5) is 7.82. The minimum atomic E-state index is -2.84. The SMILES string of the molecule is CC/C=C(/OC(=NC)C(F)F)c1ccc(CN(c2ccc(F)c(Cl)c2)S(=O)CC)nc1. The van der Waals surface area contributed by atoms with E-state index >= 15 is 0 Å². The third-order valence-corrected chi connectivity index (χ3v) is 5.72. The van der Waals surface area contributed by atoms with Crippen LogP contribution in [0.1, 0.15) is 31.5 Å². The minimum Gasteiger partial charge on any atom is -0.437 e. The van der Waals surface area contributed by atoms with Gasteiger partial charge in [0.25, 0.3) is 5.90 Å². The van der Waals surface area contributed by atoms with Crippen LogP contribution in [0, 0.1) is 5.82 Å². The molecule has 1 aromatic heterocycles. The third kappa shape index (κ3) is 6.80. The Kier molecular flexibility index (Phi) is 9.51. The lowest BCUT2D eigenvalue weighted by atomic mass is 10.2. The van der Waals surface area contributed by atoms with Crippen molar-refractivity contribution in [2.75, 3.05) is 17.1 Å². The van der Waals surface area contributed by atoms with Gasteiger partial charge in [-0.15, -0.1) is 0 Å². The van der Waals surface area contributed by atoms with Gasteiger partial charge in [-0.1, -0.05) is 25.4 Å². The number of halogens is 4. The van der Waals surface area contributed by atoms with E-state index in [4.69, 9.17) is 16.3 Å². The van der Waals surface area contributed by atoms with Crippen molar-refractivity contribution in [3.63, 3.8) is 0 Å². The van der Waals surface area contributed by atoms with Gasteiger partial charge in [0.15, 0.2) is 0 Å². The maximum Gasteiger partial charge on any atom is 0.312 e. The molecule has 31 heavy (non-hydrogen) atoms. The summed E-state index contributed by atoms with van der Waals surface area (Å²) < 4.78 is 58.9. The monoisotopic (exact) mass is 473 g/mol. The van der Waals surface area contributed by atoms with Crippen LogP contribution >= 0.6 is 11.6 Å². The fourth-order valence-corrected chi connectivity index (χ4v) is 3.70. The van der Waals surface area contributed by atoms with Crippen molar-refractivity contribution in [1.29, 1.82) is 0 Å². The number of hydrogen-bond donors (Lipinski definition) is 0. The summed E-state index contributed by atoms with van der Waals surface area (Å²) >= 11 is 5.87. The fourth-order valence-electron chi connectivity index (χ4n) is 2.59. The van der Waals surface area contributed by atoms with Crippen LogP contribution in [0.5, 0.6) is 0 Å². The van der Waals surface area contributed by atoms with Gasteiger partial charge in [0.05, 0.1) is 22.9 Å². The Morgan fingerprint density at radius 2 is 2.06 bits per heavy atom. The first-order valence-corrected chi connectivity index (χ1v) is 11.1. The number of ether oxygens (including phenoxy) is 1. The second kappa shape index (κ2) is 11.9. The second-order valence-corrected chi connectivity index (χ2v) is 8.29. The van der Waals surface area contributed by atoms with E-state index in [1.807, 2.05) is 6.92 Å². The van der Waals surface area contributed by atoms with Gasteiger partial charge in [-0.2, -0.15) is 8.78 Å². The molecule has 0 radical (unpaired) electrons. The number of anilines is 1. The summed E-state index contributed by atoms with van der Waals surface area (Å²) in [6.45, 7) is 3.79. The van der Waals surface area contributed by atoms with Gasteiger partial charge in [-0.05, 0) is 42.8 Å². The molecular formula is C21H23ClF3N3O2S. The Hall–Kier alpha value is -2.39. The van der Waals surface area contributed by atoms with Crippen molar-refractivity contribution in [3.05, 3.63) is 64.7 Å². The minimum absolute atomic E-state index is 0.0715. The fraction of sp³-hybridized carbons (Fsp3) is 0.333. The molecule has 0 saturated carbocycles. The van der Waals surface area contributed by atoms with Crippen LogP contribution in [0.25, 0.3) is 5.76 Å². The molecule has 168 valence electrons. The first kappa shape index (κ1) is 24.9. The molecule has 10 heteroatoms. The molecule has 2 rings (SSSR count). The van der Waals surface area contributed by atoms with Crippen molar-refractivity contribution in [3.8, 4) is 0 Å². The summed E-state index contributed by atoms with van der Waals surface area (Å²) in [5.74, 6) is -0.677. The van der Waals surface area contributed by atoms with E-state index in [2.05, 4.69) is 9.98 Å². The quantitative estimate of drug-likeness (QED) is 0.269. The lowest BCUT2D eigenvalue weighted by Gasteiger charge is -2.23. The van der Waals surface area contributed by atoms with Crippen LogP contribution in [0.4, 0.5) is 18.9 Å². The van der Waals surface area contributed by atoms with E-state index in [1.54, 1.807) is 29.4 Å². The lowest BCUT2D eigenvalue weighted by molar-refractivity contribution is 0.196. The Morgan fingerprint density at radius 1 is 1.32 bits per heavy atom. The third-order valence-electron chi connectivity index (χ3n) is 4.11. The molecule has 0 fully saturated rings. The van der Waals surface area contributed by atoms with Crippen molar-refractivity contribution >= 4 is 39.9 Å². The molecule has 0 aliphatic rings. The van der Waals surface area contributed by atoms with Gasteiger partial charge in [0.1, 0.15) is 22.6 Å². The topological polar surface area (TPSA) is 54.8 Å². The molecule has 1 aromatic carbocycles. The van der Waals surface area contributed by atoms with Crippen molar-refractivity contribution < 1.29 is 22.1 Å². The summed E-state index contributed by atoms with van der Waals surface area (Å²) in [6, 6.07) is 7.47. The average molecular weight is 474 g/mol. The largest absolute Gasteiger partial charge is 0.437 e. The van der Waals surface area contributed by atoms with Gasteiger partial charge in [0.2, 0.25) is 0 Å². The predicted octanol–water partition coefficient (Wildman–Crippen LogP) is 5.63. The number of nitrogens with zero attached hydrogens (tertiary/aromatic N) is 3.